The molecule has 2 rings (SSSR count). The lowest BCUT2D eigenvalue weighted by Crippen LogP contribution is -2.61. The molecule has 1 aliphatic heterocycles. The van der Waals surface area contributed by atoms with E-state index in [4.69, 9.17) is 11.6 Å². The number of nitrogens with zero attached hydrogens (tertiary/aromatic N) is 3. The van der Waals surface area contributed by atoms with Crippen LogP contribution in [0.3, 0.4) is 0 Å². The lowest BCUT2D eigenvalue weighted by atomic mass is 9.96. The van der Waals surface area contributed by atoms with Crippen molar-refractivity contribution in [2.24, 2.45) is 0 Å². The van der Waals surface area contributed by atoms with Crippen molar-refractivity contribution in [1.82, 2.24) is 9.88 Å². The van der Waals surface area contributed by atoms with Gasteiger partial charge in [0, 0.05) is 6.07 Å². The van der Waals surface area contributed by atoms with Gasteiger partial charge in [-0.1, -0.05) is 11.6 Å². The summed E-state index contributed by atoms with van der Waals surface area (Å²) in [5.74, 6) is -0.470. The summed E-state index contributed by atoms with van der Waals surface area (Å²) in [7, 11) is 0. The highest BCUT2D eigenvalue weighted by Gasteiger charge is 2.40. The van der Waals surface area contributed by atoms with E-state index in [1.165, 1.54) is 4.90 Å². The first-order valence-electron chi connectivity index (χ1n) is 5.12. The zero-order valence-corrected chi connectivity index (χ0v) is 10.2. The van der Waals surface area contributed by atoms with Crippen molar-refractivity contribution in [3.8, 4) is 0 Å². The van der Waals surface area contributed by atoms with E-state index >= 15 is 0 Å². The summed E-state index contributed by atoms with van der Waals surface area (Å²) >= 11 is 5.75. The van der Waals surface area contributed by atoms with Crippen molar-refractivity contribution in [3.63, 3.8) is 0 Å². The van der Waals surface area contributed by atoms with Crippen LogP contribution in [0.1, 0.15) is 17.3 Å². The fourth-order valence-electron chi connectivity index (χ4n) is 1.78. The van der Waals surface area contributed by atoms with Crippen LogP contribution in [-0.4, -0.2) is 44.5 Å². The minimum absolute atomic E-state index is 0.0265. The van der Waals surface area contributed by atoms with Gasteiger partial charge in [0.05, 0.1) is 29.2 Å². The summed E-state index contributed by atoms with van der Waals surface area (Å²) in [6.07, 6.45) is 0.991. The van der Waals surface area contributed by atoms with E-state index in [2.05, 4.69) is 4.98 Å². The molecule has 0 spiro atoms. The monoisotopic (exact) mass is 271 g/mol. The molecule has 7 nitrogen and oxygen atoms in total. The minimum Gasteiger partial charge on any atom is -0.386 e. The molecule has 1 aromatic heterocycles. The van der Waals surface area contributed by atoms with Crippen molar-refractivity contribution in [3.05, 3.63) is 33.1 Å². The van der Waals surface area contributed by atoms with Gasteiger partial charge in [0.25, 0.3) is 11.6 Å². The lowest BCUT2D eigenvalue weighted by Gasteiger charge is -2.44. The summed E-state index contributed by atoms with van der Waals surface area (Å²) in [4.78, 5) is 26.9. The molecule has 1 aromatic rings. The molecule has 2 heterocycles. The van der Waals surface area contributed by atoms with E-state index in [0.717, 1.165) is 12.3 Å². The molecule has 0 unspecified atom stereocenters. The summed E-state index contributed by atoms with van der Waals surface area (Å²) in [6.45, 7) is 1.94. The third-order valence-corrected chi connectivity index (χ3v) is 2.92. The average Bonchev–Trinajstić information content (AvgIpc) is 2.25. The highest BCUT2D eigenvalue weighted by atomic mass is 35.5. The molecule has 0 radical (unpaired) electrons. The Bertz CT molecular complexity index is 524. The number of nitro groups is 1. The molecule has 1 saturated heterocycles. The van der Waals surface area contributed by atoms with Gasteiger partial charge in [0.15, 0.2) is 0 Å². The number of likely N-dealkylation sites (tertiary alicyclic amines) is 1. The zero-order chi connectivity index (χ0) is 13.5. The number of aromatic nitrogens is 1. The maximum Gasteiger partial charge on any atom is 0.288 e. The normalized spacial score (nSPS) is 17.2. The number of hydrogen-bond acceptors (Lipinski definition) is 5. The number of carbonyl (C=O) groups is 1. The maximum atomic E-state index is 12.0. The van der Waals surface area contributed by atoms with E-state index in [9.17, 15) is 20.0 Å². The molecule has 1 amide bonds. The summed E-state index contributed by atoms with van der Waals surface area (Å²) in [5.41, 5.74) is -1.23. The first-order valence-corrected chi connectivity index (χ1v) is 5.49. The van der Waals surface area contributed by atoms with Gasteiger partial charge < -0.3 is 10.0 Å². The van der Waals surface area contributed by atoms with Crippen molar-refractivity contribution < 1.29 is 14.8 Å². The molecule has 1 fully saturated rings. The second-order valence-corrected chi connectivity index (χ2v) is 4.81. The molecule has 0 aromatic carbocycles. The Kier molecular flexibility index (Phi) is 2.95. The number of amides is 1. The summed E-state index contributed by atoms with van der Waals surface area (Å²) in [5, 5.41) is 20.1. The smallest absolute Gasteiger partial charge is 0.288 e. The van der Waals surface area contributed by atoms with Crippen LogP contribution in [-0.2, 0) is 0 Å². The number of hydrogen-bond donors (Lipinski definition) is 1. The van der Waals surface area contributed by atoms with Crippen molar-refractivity contribution in [1.29, 1.82) is 0 Å². The summed E-state index contributed by atoms with van der Waals surface area (Å²) in [6, 6.07) is 1.09. The van der Waals surface area contributed by atoms with Crippen LogP contribution in [0.4, 0.5) is 5.69 Å². The predicted molar refractivity (Wildman–Crippen MR) is 62.4 cm³/mol. The first-order chi connectivity index (χ1) is 8.30. The van der Waals surface area contributed by atoms with E-state index in [0.29, 0.717) is 0 Å². The number of aliphatic hydroxyl groups is 1. The molecular weight excluding hydrogens is 262 g/mol. The first kappa shape index (κ1) is 12.7. The third-order valence-electron chi connectivity index (χ3n) is 2.62. The fraction of sp³-hybridized carbons (Fsp3) is 0.400. The second kappa shape index (κ2) is 4.18. The molecule has 0 bridgehead atoms. The number of carbonyl (C=O) groups excluding carboxylic acids is 1. The van der Waals surface area contributed by atoms with Crippen LogP contribution in [0.2, 0.25) is 5.15 Å². The topological polar surface area (TPSA) is 96.6 Å². The van der Waals surface area contributed by atoms with Gasteiger partial charge in [-0.3, -0.25) is 14.9 Å². The van der Waals surface area contributed by atoms with E-state index in [-0.39, 0.29) is 29.5 Å². The zero-order valence-electron chi connectivity index (χ0n) is 9.46. The Morgan fingerprint density at radius 2 is 2.28 bits per heavy atom. The second-order valence-electron chi connectivity index (χ2n) is 4.45. The van der Waals surface area contributed by atoms with Gasteiger partial charge in [-0.25, -0.2) is 4.98 Å². The Balaban J connectivity index is 2.25. The van der Waals surface area contributed by atoms with Gasteiger partial charge in [-0.2, -0.15) is 0 Å². The highest BCUT2D eigenvalue weighted by molar-refractivity contribution is 6.32. The van der Waals surface area contributed by atoms with E-state index < -0.39 is 16.4 Å². The molecule has 1 N–H and O–H groups in total. The van der Waals surface area contributed by atoms with Gasteiger partial charge >= 0.3 is 0 Å². The largest absolute Gasteiger partial charge is 0.386 e. The SMILES string of the molecule is CC1(O)CN(C(=O)c2cc([N+](=O)[O-])cnc2Cl)C1. The molecular formula is C10H10ClN3O4. The quantitative estimate of drug-likeness (QED) is 0.489. The van der Waals surface area contributed by atoms with Crippen LogP contribution in [0.25, 0.3) is 0 Å². The Hall–Kier alpha value is -1.73. The highest BCUT2D eigenvalue weighted by Crippen LogP contribution is 2.26. The third kappa shape index (κ3) is 2.27. The number of β-amino-alcohol motifs (C(OH)–C–C–N with tert-alkyl or cyclic N) is 1. The van der Waals surface area contributed by atoms with Gasteiger partial charge in [0.2, 0.25) is 0 Å². The molecule has 18 heavy (non-hydrogen) atoms. The summed E-state index contributed by atoms with van der Waals surface area (Å²) < 4.78 is 0. The predicted octanol–water partition coefficient (Wildman–Crippen LogP) is 0.850. The lowest BCUT2D eigenvalue weighted by molar-refractivity contribution is -0.385. The average molecular weight is 272 g/mol. The molecule has 0 aliphatic carbocycles. The maximum absolute atomic E-state index is 12.0. The minimum atomic E-state index is -0.906. The van der Waals surface area contributed by atoms with Crippen molar-refractivity contribution >= 4 is 23.2 Å². The molecule has 0 saturated carbocycles. The molecule has 0 atom stereocenters. The van der Waals surface area contributed by atoms with Crippen LogP contribution in [0, 0.1) is 10.1 Å². The fourth-order valence-corrected chi connectivity index (χ4v) is 1.96. The van der Waals surface area contributed by atoms with Crippen molar-refractivity contribution in [2.75, 3.05) is 13.1 Å². The van der Waals surface area contributed by atoms with Crippen LogP contribution < -0.4 is 0 Å². The Labute approximate surface area is 107 Å². The van der Waals surface area contributed by atoms with Crippen LogP contribution in [0.5, 0.6) is 0 Å². The molecule has 96 valence electrons. The van der Waals surface area contributed by atoms with E-state index in [1.807, 2.05) is 0 Å². The Morgan fingerprint density at radius 3 is 2.78 bits per heavy atom. The van der Waals surface area contributed by atoms with Gasteiger partial charge in [0.1, 0.15) is 11.3 Å². The standard InChI is InChI=1S/C10H10ClN3O4/c1-10(16)4-13(5-10)9(15)7-2-6(14(17)18)3-12-8(7)11/h2-3,16H,4-5H2,1H3. The number of halogens is 1. The van der Waals surface area contributed by atoms with Crippen LogP contribution >= 0.6 is 11.6 Å². The van der Waals surface area contributed by atoms with E-state index in [1.54, 1.807) is 6.92 Å². The number of pyridine rings is 1. The van der Waals surface area contributed by atoms with Crippen molar-refractivity contribution in [2.45, 2.75) is 12.5 Å². The van der Waals surface area contributed by atoms with Crippen LogP contribution in [0.15, 0.2) is 12.3 Å². The molecule has 8 heteroatoms. The Morgan fingerprint density at radius 1 is 1.67 bits per heavy atom. The van der Waals surface area contributed by atoms with Gasteiger partial charge in [-0.15, -0.1) is 0 Å². The molecule has 1 aliphatic rings. The number of rotatable bonds is 2. The van der Waals surface area contributed by atoms with Gasteiger partial charge in [-0.05, 0) is 6.92 Å².